The maximum atomic E-state index is 10.4. The van der Waals surface area contributed by atoms with Gasteiger partial charge < -0.3 is 0 Å². The number of aromatic nitrogens is 1. The summed E-state index contributed by atoms with van der Waals surface area (Å²) in [5.74, 6) is 0. The second kappa shape index (κ2) is 3.31. The van der Waals surface area contributed by atoms with Crippen LogP contribution in [-0.4, -0.2) is 14.3 Å². The van der Waals surface area contributed by atoms with E-state index in [0.29, 0.717) is 11.5 Å². The Bertz CT molecular complexity index is 361. The number of nitrogens with zero attached hydrogens (tertiary/aromatic N) is 3. The molecule has 1 rings (SSSR count). The number of rotatable bonds is 3. The van der Waals surface area contributed by atoms with Crippen LogP contribution in [0, 0.1) is 27.2 Å². The van der Waals surface area contributed by atoms with Crippen LogP contribution in [-0.2, 0) is 0 Å². The Labute approximate surface area is 75.6 Å². The van der Waals surface area contributed by atoms with Gasteiger partial charge in [0.15, 0.2) is 5.03 Å². The summed E-state index contributed by atoms with van der Waals surface area (Å²) in [6.07, 6.45) is 0. The van der Waals surface area contributed by atoms with Crippen LogP contribution < -0.4 is 5.43 Å². The molecule has 0 amide bonds. The molecule has 0 aliphatic carbocycles. The van der Waals surface area contributed by atoms with E-state index < -0.39 is 9.96 Å². The molecule has 13 heavy (non-hydrogen) atoms. The minimum atomic E-state index is -0.861. The number of nitro groups is 2. The largest absolute Gasteiger partial charge is 0.332 e. The van der Waals surface area contributed by atoms with Gasteiger partial charge in [0, 0.05) is 0 Å². The molecule has 9 heteroatoms. The average molecular weight is 204 g/mol. The summed E-state index contributed by atoms with van der Waals surface area (Å²) in [6.45, 7) is 1.42. The SMILES string of the molecule is Cc1nsc(N[N+](=O)[O-])c1[N+](=O)[O-]. The number of hydrogen-bond donors (Lipinski definition) is 1. The first-order valence-corrected chi connectivity index (χ1v) is 3.81. The van der Waals surface area contributed by atoms with Crippen molar-refractivity contribution in [2.24, 2.45) is 0 Å². The van der Waals surface area contributed by atoms with Gasteiger partial charge in [-0.1, -0.05) is 5.43 Å². The van der Waals surface area contributed by atoms with Gasteiger partial charge in [-0.15, -0.1) is 0 Å². The zero-order valence-electron chi connectivity index (χ0n) is 6.38. The number of aryl methyl sites for hydroxylation is 1. The van der Waals surface area contributed by atoms with Crippen molar-refractivity contribution in [2.45, 2.75) is 6.92 Å². The third-order valence-corrected chi connectivity index (χ3v) is 2.04. The number of hydrogen-bond acceptors (Lipinski definition) is 6. The zero-order chi connectivity index (χ0) is 10.0. The van der Waals surface area contributed by atoms with Crippen LogP contribution in [0.2, 0.25) is 0 Å². The molecule has 0 radical (unpaired) electrons. The van der Waals surface area contributed by atoms with Crippen LogP contribution in [0.25, 0.3) is 0 Å². The molecule has 1 heterocycles. The Morgan fingerprint density at radius 3 is 2.54 bits per heavy atom. The third-order valence-electron chi connectivity index (χ3n) is 1.21. The first kappa shape index (κ1) is 9.32. The lowest BCUT2D eigenvalue weighted by Gasteiger charge is -1.91. The quantitative estimate of drug-likeness (QED) is 0.579. The highest BCUT2D eigenvalue weighted by Crippen LogP contribution is 2.31. The molecule has 1 aromatic heterocycles. The molecule has 0 unspecified atom stereocenters. The normalized spacial score (nSPS) is 9.62. The van der Waals surface area contributed by atoms with E-state index in [2.05, 4.69) is 4.37 Å². The fraction of sp³-hybridized carbons (Fsp3) is 0.250. The van der Waals surface area contributed by atoms with Crippen LogP contribution in [0.3, 0.4) is 0 Å². The van der Waals surface area contributed by atoms with E-state index in [-0.39, 0.29) is 16.4 Å². The van der Waals surface area contributed by atoms with Gasteiger partial charge in [0.2, 0.25) is 0 Å². The van der Waals surface area contributed by atoms with Crippen molar-refractivity contribution in [1.82, 2.24) is 4.37 Å². The summed E-state index contributed by atoms with van der Waals surface area (Å²) in [4.78, 5) is 19.7. The molecule has 70 valence electrons. The van der Waals surface area contributed by atoms with Gasteiger partial charge in [0.05, 0.1) is 4.92 Å². The molecule has 0 bridgehead atoms. The van der Waals surface area contributed by atoms with Crippen molar-refractivity contribution in [2.75, 3.05) is 5.43 Å². The van der Waals surface area contributed by atoms with E-state index >= 15 is 0 Å². The van der Waals surface area contributed by atoms with Crippen molar-refractivity contribution in [3.8, 4) is 0 Å². The van der Waals surface area contributed by atoms with Gasteiger partial charge in [-0.25, -0.2) is 10.1 Å². The predicted molar refractivity (Wildman–Crippen MR) is 44.1 cm³/mol. The zero-order valence-corrected chi connectivity index (χ0v) is 7.20. The fourth-order valence-corrected chi connectivity index (χ4v) is 1.47. The Morgan fingerprint density at radius 2 is 2.08 bits per heavy atom. The molecule has 0 aliphatic heterocycles. The number of hydrazine groups is 1. The maximum absolute atomic E-state index is 10.4. The van der Waals surface area contributed by atoms with Gasteiger partial charge in [-0.2, -0.15) is 4.37 Å². The minimum absolute atomic E-state index is 0.160. The Morgan fingerprint density at radius 1 is 1.46 bits per heavy atom. The van der Waals surface area contributed by atoms with Crippen LogP contribution in [0.5, 0.6) is 0 Å². The van der Waals surface area contributed by atoms with E-state index in [1.807, 2.05) is 0 Å². The molecule has 1 N–H and O–H groups in total. The van der Waals surface area contributed by atoms with E-state index in [9.17, 15) is 20.2 Å². The Balaban J connectivity index is 3.07. The van der Waals surface area contributed by atoms with Crippen LogP contribution >= 0.6 is 11.5 Å². The monoisotopic (exact) mass is 204 g/mol. The van der Waals surface area contributed by atoms with Crippen molar-refractivity contribution in [3.05, 3.63) is 25.9 Å². The summed E-state index contributed by atoms with van der Waals surface area (Å²) >= 11 is 0.688. The molecule has 0 fully saturated rings. The predicted octanol–water partition coefficient (Wildman–Crippen LogP) is 0.963. The molecule has 0 saturated heterocycles. The molecular weight excluding hydrogens is 200 g/mol. The van der Waals surface area contributed by atoms with Crippen molar-refractivity contribution >= 4 is 22.2 Å². The van der Waals surface area contributed by atoms with Gasteiger partial charge in [0.1, 0.15) is 5.69 Å². The lowest BCUT2D eigenvalue weighted by molar-refractivity contribution is -0.446. The highest BCUT2D eigenvalue weighted by molar-refractivity contribution is 7.10. The van der Waals surface area contributed by atoms with Crippen molar-refractivity contribution in [3.63, 3.8) is 0 Å². The maximum Gasteiger partial charge on any atom is 0.332 e. The first-order chi connectivity index (χ1) is 6.02. The van der Waals surface area contributed by atoms with Crippen molar-refractivity contribution in [1.29, 1.82) is 0 Å². The van der Waals surface area contributed by atoms with E-state index in [1.54, 1.807) is 5.43 Å². The standard InChI is InChI=1S/C4H4N4O4S/c1-2-3(7(9)10)4(13-6-2)5-8(11)12/h5H,1H3. The lowest BCUT2D eigenvalue weighted by atomic mass is 10.4. The summed E-state index contributed by atoms with van der Waals surface area (Å²) in [5, 5.41) is 19.4. The first-order valence-electron chi connectivity index (χ1n) is 3.04. The second-order valence-electron chi connectivity index (χ2n) is 2.07. The smallest absolute Gasteiger partial charge is 0.258 e. The molecular formula is C4H4N4O4S. The molecule has 1 aromatic rings. The van der Waals surface area contributed by atoms with Gasteiger partial charge in [-0.3, -0.25) is 10.1 Å². The number of anilines is 1. The van der Waals surface area contributed by atoms with E-state index in [0.717, 1.165) is 0 Å². The molecule has 8 nitrogen and oxygen atoms in total. The van der Waals surface area contributed by atoms with Crippen LogP contribution in [0.4, 0.5) is 10.7 Å². The summed E-state index contributed by atoms with van der Waals surface area (Å²) < 4.78 is 3.62. The second-order valence-corrected chi connectivity index (χ2v) is 2.85. The van der Waals surface area contributed by atoms with Crippen LogP contribution in [0.1, 0.15) is 5.69 Å². The minimum Gasteiger partial charge on any atom is -0.258 e. The molecule has 0 atom stereocenters. The molecule has 0 aromatic carbocycles. The van der Waals surface area contributed by atoms with Crippen molar-refractivity contribution < 1.29 is 9.96 Å². The summed E-state index contributed by atoms with van der Waals surface area (Å²) in [7, 11) is 0. The lowest BCUT2D eigenvalue weighted by Crippen LogP contribution is -2.07. The van der Waals surface area contributed by atoms with Gasteiger partial charge in [-0.05, 0) is 18.5 Å². The highest BCUT2D eigenvalue weighted by atomic mass is 32.1. The topological polar surface area (TPSA) is 111 Å². The van der Waals surface area contributed by atoms with E-state index in [4.69, 9.17) is 0 Å². The Hall–Kier alpha value is -1.77. The van der Waals surface area contributed by atoms with E-state index in [1.165, 1.54) is 6.92 Å². The highest BCUT2D eigenvalue weighted by Gasteiger charge is 2.24. The van der Waals surface area contributed by atoms with Gasteiger partial charge >= 0.3 is 5.69 Å². The Kier molecular flexibility index (Phi) is 2.37. The number of nitrogens with one attached hydrogen (secondary N) is 1. The van der Waals surface area contributed by atoms with Gasteiger partial charge in [0.25, 0.3) is 5.00 Å². The third kappa shape index (κ3) is 1.87. The average Bonchev–Trinajstić information content (AvgIpc) is 2.30. The molecule has 0 saturated carbocycles. The summed E-state index contributed by atoms with van der Waals surface area (Å²) in [6, 6.07) is 0. The van der Waals surface area contributed by atoms with Crippen LogP contribution in [0.15, 0.2) is 0 Å². The molecule has 0 spiro atoms. The molecule has 0 aliphatic rings. The fourth-order valence-electron chi connectivity index (χ4n) is 0.736. The summed E-state index contributed by atoms with van der Waals surface area (Å²) in [5.41, 5.74) is 1.53.